The predicted molar refractivity (Wildman–Crippen MR) is 73.6 cm³/mol. The van der Waals surface area contributed by atoms with Crippen LogP contribution in [0.3, 0.4) is 0 Å². The van der Waals surface area contributed by atoms with Crippen molar-refractivity contribution in [2.75, 3.05) is 23.7 Å². The quantitative estimate of drug-likeness (QED) is 0.826. The molecule has 1 aromatic heterocycles. The maximum Gasteiger partial charge on any atom is 0.298 e. The Morgan fingerprint density at radius 1 is 1.44 bits per heavy atom. The molecule has 4 nitrogen and oxygen atoms in total. The number of hydrogen-bond donors (Lipinski definition) is 1. The molecule has 3 rings (SSSR count). The maximum atomic E-state index is 5.90. The Kier molecular flexibility index (Phi) is 2.65. The molecule has 4 heteroatoms. The average Bonchev–Trinajstić information content (AvgIpc) is 2.95. The van der Waals surface area contributed by atoms with Crippen molar-refractivity contribution >= 4 is 22.8 Å². The molecule has 1 saturated heterocycles. The first-order chi connectivity index (χ1) is 8.65. The monoisotopic (exact) mass is 245 g/mol. The standard InChI is InChI=1S/C14H19N3O/c1-9(2)10-6-7-17(8-10)14-16-13-11(15)4-3-5-12(13)18-14/h3-5,9-10H,6-8,15H2,1-2H3. The van der Waals surface area contributed by atoms with Gasteiger partial charge in [0.1, 0.15) is 5.52 Å². The van der Waals surface area contributed by atoms with E-state index in [1.807, 2.05) is 18.2 Å². The summed E-state index contributed by atoms with van der Waals surface area (Å²) in [5, 5.41) is 0. The summed E-state index contributed by atoms with van der Waals surface area (Å²) in [4.78, 5) is 6.75. The number of nitrogen functional groups attached to an aromatic ring is 1. The van der Waals surface area contributed by atoms with E-state index >= 15 is 0 Å². The van der Waals surface area contributed by atoms with Crippen molar-refractivity contribution in [3.8, 4) is 0 Å². The van der Waals surface area contributed by atoms with Crippen LogP contribution in [0, 0.1) is 11.8 Å². The molecule has 1 aromatic carbocycles. The van der Waals surface area contributed by atoms with E-state index in [-0.39, 0.29) is 0 Å². The highest BCUT2D eigenvalue weighted by Gasteiger charge is 2.27. The average molecular weight is 245 g/mol. The zero-order valence-electron chi connectivity index (χ0n) is 10.9. The maximum absolute atomic E-state index is 5.90. The highest BCUT2D eigenvalue weighted by Crippen LogP contribution is 2.31. The number of nitrogens with zero attached hydrogens (tertiary/aromatic N) is 2. The Morgan fingerprint density at radius 2 is 2.28 bits per heavy atom. The topological polar surface area (TPSA) is 55.3 Å². The van der Waals surface area contributed by atoms with Gasteiger partial charge in [-0.25, -0.2) is 0 Å². The summed E-state index contributed by atoms with van der Waals surface area (Å²) in [6.07, 6.45) is 1.21. The number of anilines is 2. The lowest BCUT2D eigenvalue weighted by molar-refractivity contribution is 0.420. The van der Waals surface area contributed by atoms with Crippen LogP contribution in [0.4, 0.5) is 11.7 Å². The number of hydrogen-bond acceptors (Lipinski definition) is 4. The molecule has 0 aliphatic carbocycles. The van der Waals surface area contributed by atoms with Gasteiger partial charge in [-0.05, 0) is 30.4 Å². The third-order valence-corrected chi connectivity index (χ3v) is 3.88. The van der Waals surface area contributed by atoms with Crippen molar-refractivity contribution in [1.29, 1.82) is 0 Å². The van der Waals surface area contributed by atoms with E-state index < -0.39 is 0 Å². The molecule has 96 valence electrons. The first-order valence-corrected chi connectivity index (χ1v) is 6.55. The number of oxazole rings is 1. The van der Waals surface area contributed by atoms with Gasteiger partial charge < -0.3 is 15.1 Å². The van der Waals surface area contributed by atoms with E-state index in [1.165, 1.54) is 6.42 Å². The van der Waals surface area contributed by atoms with Crippen LogP contribution in [0.1, 0.15) is 20.3 Å². The van der Waals surface area contributed by atoms with Gasteiger partial charge in [0, 0.05) is 13.1 Å². The molecule has 1 unspecified atom stereocenters. The van der Waals surface area contributed by atoms with Crippen LogP contribution in [-0.2, 0) is 0 Å². The van der Waals surface area contributed by atoms with Gasteiger partial charge >= 0.3 is 0 Å². The summed E-state index contributed by atoms with van der Waals surface area (Å²) in [5.41, 5.74) is 8.14. The summed E-state index contributed by atoms with van der Waals surface area (Å²) < 4.78 is 5.80. The fourth-order valence-electron chi connectivity index (χ4n) is 2.60. The minimum absolute atomic E-state index is 0.683. The van der Waals surface area contributed by atoms with Crippen molar-refractivity contribution in [3.63, 3.8) is 0 Å². The molecule has 2 aromatic rings. The Hall–Kier alpha value is -1.71. The Morgan fingerprint density at radius 3 is 2.94 bits per heavy atom. The van der Waals surface area contributed by atoms with Crippen LogP contribution in [0.15, 0.2) is 22.6 Å². The number of fused-ring (bicyclic) bond motifs is 1. The molecule has 0 spiro atoms. The molecule has 0 amide bonds. The molecule has 2 heterocycles. The van der Waals surface area contributed by atoms with Gasteiger partial charge in [-0.3, -0.25) is 0 Å². The molecular formula is C14H19N3O. The van der Waals surface area contributed by atoms with Gasteiger partial charge in [-0.2, -0.15) is 4.98 Å². The summed E-state index contributed by atoms with van der Waals surface area (Å²) in [6.45, 7) is 6.61. The number of benzene rings is 1. The molecule has 1 aliphatic rings. The first-order valence-electron chi connectivity index (χ1n) is 6.55. The van der Waals surface area contributed by atoms with Crippen molar-refractivity contribution in [3.05, 3.63) is 18.2 Å². The van der Waals surface area contributed by atoms with Gasteiger partial charge in [0.15, 0.2) is 5.58 Å². The Bertz CT molecular complexity index is 561. The molecular weight excluding hydrogens is 226 g/mol. The number of rotatable bonds is 2. The third kappa shape index (κ3) is 1.82. The van der Waals surface area contributed by atoms with Crippen LogP contribution in [0.2, 0.25) is 0 Å². The molecule has 2 N–H and O–H groups in total. The summed E-state index contributed by atoms with van der Waals surface area (Å²) >= 11 is 0. The Balaban J connectivity index is 1.89. The van der Waals surface area contributed by atoms with E-state index in [1.54, 1.807) is 0 Å². The first kappa shape index (κ1) is 11.4. The van der Waals surface area contributed by atoms with E-state index in [9.17, 15) is 0 Å². The highest BCUT2D eigenvalue weighted by molar-refractivity contribution is 5.86. The van der Waals surface area contributed by atoms with Gasteiger partial charge in [0.25, 0.3) is 6.01 Å². The van der Waals surface area contributed by atoms with Crippen molar-refractivity contribution in [1.82, 2.24) is 4.98 Å². The van der Waals surface area contributed by atoms with E-state index in [4.69, 9.17) is 10.2 Å². The molecule has 0 radical (unpaired) electrons. The molecule has 1 aliphatic heterocycles. The third-order valence-electron chi connectivity index (χ3n) is 3.88. The zero-order chi connectivity index (χ0) is 12.7. The smallest absolute Gasteiger partial charge is 0.298 e. The summed E-state index contributed by atoms with van der Waals surface area (Å²) in [5.74, 6) is 1.45. The number of nitrogens with two attached hydrogens (primary N) is 1. The van der Waals surface area contributed by atoms with Crippen LogP contribution < -0.4 is 10.6 Å². The van der Waals surface area contributed by atoms with Crippen molar-refractivity contribution in [2.45, 2.75) is 20.3 Å². The van der Waals surface area contributed by atoms with Crippen molar-refractivity contribution < 1.29 is 4.42 Å². The molecule has 1 fully saturated rings. The number of para-hydroxylation sites is 1. The largest absolute Gasteiger partial charge is 0.423 e. The summed E-state index contributed by atoms with van der Waals surface area (Å²) in [7, 11) is 0. The normalized spacial score (nSPS) is 20.2. The lowest BCUT2D eigenvalue weighted by Crippen LogP contribution is -2.21. The van der Waals surface area contributed by atoms with Crippen LogP contribution in [0.25, 0.3) is 11.1 Å². The minimum Gasteiger partial charge on any atom is -0.423 e. The van der Waals surface area contributed by atoms with E-state index in [2.05, 4.69) is 23.7 Å². The molecule has 18 heavy (non-hydrogen) atoms. The summed E-state index contributed by atoms with van der Waals surface area (Å²) in [6, 6.07) is 6.38. The van der Waals surface area contributed by atoms with Gasteiger partial charge in [0.05, 0.1) is 5.69 Å². The molecule has 0 bridgehead atoms. The van der Waals surface area contributed by atoms with Gasteiger partial charge in [-0.1, -0.05) is 19.9 Å². The van der Waals surface area contributed by atoms with E-state index in [0.29, 0.717) is 17.6 Å². The lowest BCUT2D eigenvalue weighted by Gasteiger charge is -2.15. The van der Waals surface area contributed by atoms with Crippen LogP contribution in [0.5, 0.6) is 0 Å². The number of aromatic nitrogens is 1. The predicted octanol–water partition coefficient (Wildman–Crippen LogP) is 2.89. The van der Waals surface area contributed by atoms with Gasteiger partial charge in [0.2, 0.25) is 0 Å². The molecule has 1 atom stereocenters. The second-order valence-corrected chi connectivity index (χ2v) is 5.43. The van der Waals surface area contributed by atoms with Crippen molar-refractivity contribution in [2.24, 2.45) is 11.8 Å². The fourth-order valence-corrected chi connectivity index (χ4v) is 2.60. The zero-order valence-corrected chi connectivity index (χ0v) is 10.9. The van der Waals surface area contributed by atoms with E-state index in [0.717, 1.165) is 30.1 Å². The second-order valence-electron chi connectivity index (χ2n) is 5.43. The van der Waals surface area contributed by atoms with Crippen LogP contribution >= 0.6 is 0 Å². The molecule has 0 saturated carbocycles. The lowest BCUT2D eigenvalue weighted by atomic mass is 9.95. The highest BCUT2D eigenvalue weighted by atomic mass is 16.4. The second kappa shape index (κ2) is 4.19. The SMILES string of the molecule is CC(C)C1CCN(c2nc3c(N)cccc3o2)C1. The van der Waals surface area contributed by atoms with Gasteiger partial charge in [-0.15, -0.1) is 0 Å². The minimum atomic E-state index is 0.683. The Labute approximate surface area is 107 Å². The fraction of sp³-hybridized carbons (Fsp3) is 0.500. The van der Waals surface area contributed by atoms with Crippen LogP contribution in [-0.4, -0.2) is 18.1 Å².